The zero-order valence-electron chi connectivity index (χ0n) is 14.8. The van der Waals surface area contributed by atoms with E-state index in [1.807, 2.05) is 12.1 Å². The monoisotopic (exact) mass is 401 g/mol. The van der Waals surface area contributed by atoms with Crippen molar-refractivity contribution in [2.45, 2.75) is 0 Å². The number of aromatic nitrogens is 3. The van der Waals surface area contributed by atoms with Gasteiger partial charge in [-0.1, -0.05) is 29.8 Å². The molecular weight excluding hydrogens is 390 g/mol. The van der Waals surface area contributed by atoms with Crippen LogP contribution in [0.25, 0.3) is 10.8 Å². The van der Waals surface area contributed by atoms with Gasteiger partial charge in [-0.15, -0.1) is 0 Å². The number of fused-ring (bicyclic) bond motifs is 2. The highest BCUT2D eigenvalue weighted by Gasteiger charge is 2.37. The molecule has 140 valence electrons. The molecule has 0 aliphatic carbocycles. The molecule has 1 N–H and O–H groups in total. The van der Waals surface area contributed by atoms with E-state index in [1.54, 1.807) is 42.6 Å². The summed E-state index contributed by atoms with van der Waals surface area (Å²) in [4.78, 5) is 39.3. The van der Waals surface area contributed by atoms with Gasteiger partial charge in [-0.25, -0.2) is 14.9 Å². The Balaban J connectivity index is 1.51. The third-order valence-electron chi connectivity index (χ3n) is 4.62. The molecule has 8 heteroatoms. The molecule has 3 heterocycles. The van der Waals surface area contributed by atoms with Gasteiger partial charge in [-0.05, 0) is 35.7 Å². The number of imide groups is 1. The van der Waals surface area contributed by atoms with E-state index in [4.69, 9.17) is 11.6 Å². The largest absolute Gasteiger partial charge is 0.323 e. The molecule has 0 unspecified atom stereocenters. The van der Waals surface area contributed by atoms with Gasteiger partial charge in [0.15, 0.2) is 11.6 Å². The van der Waals surface area contributed by atoms with Crippen LogP contribution in [-0.4, -0.2) is 26.8 Å². The molecule has 0 atom stereocenters. The van der Waals surface area contributed by atoms with Gasteiger partial charge in [0.2, 0.25) is 0 Å². The average molecular weight is 402 g/mol. The van der Waals surface area contributed by atoms with Crippen molar-refractivity contribution in [3.63, 3.8) is 0 Å². The third-order valence-corrected chi connectivity index (χ3v) is 4.85. The van der Waals surface area contributed by atoms with Gasteiger partial charge in [-0.3, -0.25) is 14.6 Å². The predicted molar refractivity (Wildman–Crippen MR) is 110 cm³/mol. The Morgan fingerprint density at radius 3 is 2.45 bits per heavy atom. The number of hydrogen-bond acceptors (Lipinski definition) is 6. The van der Waals surface area contributed by atoms with Crippen LogP contribution in [-0.2, 0) is 0 Å². The van der Waals surface area contributed by atoms with E-state index in [-0.39, 0.29) is 5.82 Å². The molecule has 1 aliphatic rings. The molecule has 0 saturated heterocycles. The Labute approximate surface area is 170 Å². The lowest BCUT2D eigenvalue weighted by Gasteiger charge is -2.14. The molecule has 29 heavy (non-hydrogen) atoms. The highest BCUT2D eigenvalue weighted by Crippen LogP contribution is 2.29. The summed E-state index contributed by atoms with van der Waals surface area (Å²) in [5, 5.41) is 5.45. The fraction of sp³-hybridized carbons (Fsp3) is 0. The summed E-state index contributed by atoms with van der Waals surface area (Å²) >= 11 is 6.12. The second kappa shape index (κ2) is 6.65. The first-order chi connectivity index (χ1) is 14.1. The number of halogens is 1. The molecule has 0 spiro atoms. The van der Waals surface area contributed by atoms with Crippen LogP contribution in [0.2, 0.25) is 5.02 Å². The zero-order valence-corrected chi connectivity index (χ0v) is 15.6. The highest BCUT2D eigenvalue weighted by molar-refractivity contribution is 6.34. The van der Waals surface area contributed by atoms with Crippen molar-refractivity contribution < 1.29 is 9.59 Å². The fourth-order valence-electron chi connectivity index (χ4n) is 3.28. The Bertz CT molecular complexity index is 1270. The van der Waals surface area contributed by atoms with Crippen LogP contribution in [0, 0.1) is 0 Å². The number of anilines is 3. The Morgan fingerprint density at radius 1 is 0.931 bits per heavy atom. The van der Waals surface area contributed by atoms with Crippen molar-refractivity contribution in [2.24, 2.45) is 0 Å². The van der Waals surface area contributed by atoms with Crippen LogP contribution in [0.4, 0.5) is 17.5 Å². The SMILES string of the molecule is O=C1c2ccccc2C(=O)N1c1cncc(Nc2nccc3ccc(Cl)cc23)n1. The van der Waals surface area contributed by atoms with Gasteiger partial charge >= 0.3 is 0 Å². The summed E-state index contributed by atoms with van der Waals surface area (Å²) in [5.74, 6) is 0.177. The lowest BCUT2D eigenvalue weighted by atomic mass is 10.1. The number of hydrogen-bond donors (Lipinski definition) is 1. The molecule has 2 aromatic carbocycles. The summed E-state index contributed by atoms with van der Waals surface area (Å²) in [6.07, 6.45) is 4.53. The zero-order chi connectivity index (χ0) is 20.0. The molecule has 0 radical (unpaired) electrons. The van der Waals surface area contributed by atoms with Gasteiger partial charge in [0.05, 0.1) is 23.5 Å². The van der Waals surface area contributed by atoms with Crippen molar-refractivity contribution in [1.29, 1.82) is 0 Å². The molecule has 0 bridgehead atoms. The van der Waals surface area contributed by atoms with E-state index in [1.165, 1.54) is 12.4 Å². The van der Waals surface area contributed by atoms with Gasteiger partial charge in [-0.2, -0.15) is 0 Å². The van der Waals surface area contributed by atoms with E-state index < -0.39 is 11.8 Å². The third kappa shape index (κ3) is 2.88. The van der Waals surface area contributed by atoms with Gasteiger partial charge in [0, 0.05) is 16.6 Å². The molecule has 5 rings (SSSR count). The van der Waals surface area contributed by atoms with Crippen LogP contribution < -0.4 is 10.2 Å². The van der Waals surface area contributed by atoms with Crippen molar-refractivity contribution in [2.75, 3.05) is 10.2 Å². The second-order valence-corrected chi connectivity index (χ2v) is 6.84. The molecule has 2 aromatic heterocycles. The Hall–Kier alpha value is -3.84. The first-order valence-electron chi connectivity index (χ1n) is 8.73. The summed E-state index contributed by atoms with van der Waals surface area (Å²) in [6.45, 7) is 0. The number of carbonyl (C=O) groups excluding carboxylic acids is 2. The van der Waals surface area contributed by atoms with Gasteiger partial charge in [0.25, 0.3) is 11.8 Å². The minimum atomic E-state index is -0.424. The number of benzene rings is 2. The summed E-state index contributed by atoms with van der Waals surface area (Å²) in [7, 11) is 0. The maximum absolute atomic E-state index is 12.7. The maximum Gasteiger partial charge on any atom is 0.267 e. The quantitative estimate of drug-likeness (QED) is 0.517. The van der Waals surface area contributed by atoms with Crippen molar-refractivity contribution in [3.05, 3.63) is 83.3 Å². The Kier molecular flexibility index (Phi) is 3.96. The first-order valence-corrected chi connectivity index (χ1v) is 9.11. The van der Waals surface area contributed by atoms with Crippen LogP contribution >= 0.6 is 11.6 Å². The molecule has 0 fully saturated rings. The summed E-state index contributed by atoms with van der Waals surface area (Å²) in [5.41, 5.74) is 0.700. The lowest BCUT2D eigenvalue weighted by molar-refractivity contribution is 0.0925. The molecule has 7 nitrogen and oxygen atoms in total. The number of nitrogens with one attached hydrogen (secondary N) is 1. The average Bonchev–Trinajstić information content (AvgIpc) is 2.99. The van der Waals surface area contributed by atoms with Crippen molar-refractivity contribution in [3.8, 4) is 0 Å². The number of carbonyl (C=O) groups is 2. The molecule has 4 aromatic rings. The predicted octanol–water partition coefficient (Wildman–Crippen LogP) is 4.22. The number of nitrogens with zero attached hydrogens (tertiary/aromatic N) is 4. The van der Waals surface area contributed by atoms with E-state index >= 15 is 0 Å². The number of rotatable bonds is 3. The van der Waals surface area contributed by atoms with E-state index in [9.17, 15) is 9.59 Å². The van der Waals surface area contributed by atoms with Crippen LogP contribution in [0.3, 0.4) is 0 Å². The first kappa shape index (κ1) is 17.3. The maximum atomic E-state index is 12.7. The van der Waals surface area contributed by atoms with Crippen LogP contribution in [0.1, 0.15) is 20.7 Å². The molecule has 0 saturated carbocycles. The second-order valence-electron chi connectivity index (χ2n) is 6.40. The van der Waals surface area contributed by atoms with Crippen LogP contribution in [0.5, 0.6) is 0 Å². The minimum absolute atomic E-state index is 0.138. The lowest BCUT2D eigenvalue weighted by Crippen LogP contribution is -2.30. The Morgan fingerprint density at radius 2 is 1.69 bits per heavy atom. The van der Waals surface area contributed by atoms with Gasteiger partial charge in [0.1, 0.15) is 5.82 Å². The summed E-state index contributed by atoms with van der Waals surface area (Å²) in [6, 6.07) is 14.0. The molecule has 1 aliphatic heterocycles. The van der Waals surface area contributed by atoms with Crippen molar-refractivity contribution in [1.82, 2.24) is 15.0 Å². The molecule has 2 amide bonds. The smallest absolute Gasteiger partial charge is 0.267 e. The van der Waals surface area contributed by atoms with E-state index in [2.05, 4.69) is 20.3 Å². The van der Waals surface area contributed by atoms with Gasteiger partial charge < -0.3 is 5.32 Å². The van der Waals surface area contributed by atoms with Crippen LogP contribution in [0.15, 0.2) is 67.1 Å². The molecular formula is C21H12ClN5O2. The topological polar surface area (TPSA) is 88.1 Å². The van der Waals surface area contributed by atoms with Crippen molar-refractivity contribution >= 4 is 51.6 Å². The van der Waals surface area contributed by atoms with E-state index in [0.717, 1.165) is 15.7 Å². The number of amides is 2. The normalized spacial score (nSPS) is 13.1. The number of pyridine rings is 1. The summed E-state index contributed by atoms with van der Waals surface area (Å²) < 4.78 is 0. The highest BCUT2D eigenvalue weighted by atomic mass is 35.5. The standard InChI is InChI=1S/C21H12ClN5O2/c22-13-6-5-12-7-8-24-19(16(12)9-13)26-17-10-23-11-18(25-17)27-20(28)14-3-1-2-4-15(14)21(27)29/h1-11H,(H,24,25,26). The van der Waals surface area contributed by atoms with E-state index in [0.29, 0.717) is 27.8 Å². The minimum Gasteiger partial charge on any atom is -0.323 e. The fourth-order valence-corrected chi connectivity index (χ4v) is 3.45.